The number of nitrogens with two attached hydrogens (primary N) is 3. The summed E-state index contributed by atoms with van der Waals surface area (Å²) in [4.78, 5) is 0. The molecule has 0 saturated carbocycles. The second-order valence-electron chi connectivity index (χ2n) is 3.19. The van der Waals surface area contributed by atoms with E-state index in [1.165, 1.54) is 12.1 Å². The minimum Gasteiger partial charge on any atom is -0.398 e. The molecule has 0 aliphatic heterocycles. The number of alkyl halides is 3. The molecular formula is C9H12F3N3. The zero-order valence-electron chi connectivity index (χ0n) is 7.88. The van der Waals surface area contributed by atoms with Crippen molar-refractivity contribution in [2.24, 2.45) is 11.5 Å². The summed E-state index contributed by atoms with van der Waals surface area (Å²) in [5.74, 6) is 0. The molecule has 0 aliphatic rings. The maximum atomic E-state index is 12.4. The van der Waals surface area contributed by atoms with E-state index in [-0.39, 0.29) is 12.2 Å². The molecule has 1 rings (SSSR count). The molecule has 1 atom stereocenters. The van der Waals surface area contributed by atoms with Gasteiger partial charge >= 0.3 is 6.18 Å². The normalized spacial score (nSPS) is 13.9. The van der Waals surface area contributed by atoms with Crippen molar-refractivity contribution in [1.82, 2.24) is 0 Å². The van der Waals surface area contributed by atoms with Crippen LogP contribution in [0.5, 0.6) is 0 Å². The van der Waals surface area contributed by atoms with Crippen LogP contribution in [0.3, 0.4) is 0 Å². The fraction of sp³-hybridized carbons (Fsp3) is 0.333. The molecule has 15 heavy (non-hydrogen) atoms. The Morgan fingerprint density at radius 1 is 1.27 bits per heavy atom. The number of halogens is 3. The highest BCUT2D eigenvalue weighted by Crippen LogP contribution is 2.34. The molecule has 0 saturated heterocycles. The Balaban J connectivity index is 3.17. The van der Waals surface area contributed by atoms with Crippen LogP contribution in [0, 0.1) is 0 Å². The molecule has 0 bridgehead atoms. The number of hydrogen-bond donors (Lipinski definition) is 3. The summed E-state index contributed by atoms with van der Waals surface area (Å²) in [5, 5.41) is 0. The van der Waals surface area contributed by atoms with Crippen LogP contribution in [0.15, 0.2) is 18.2 Å². The Bertz CT molecular complexity index is 349. The van der Waals surface area contributed by atoms with Crippen molar-refractivity contribution in [2.75, 3.05) is 12.3 Å². The highest BCUT2D eigenvalue weighted by molar-refractivity contribution is 5.50. The molecule has 0 amide bonds. The first-order chi connectivity index (χ1) is 6.86. The molecule has 84 valence electrons. The monoisotopic (exact) mass is 219 g/mol. The van der Waals surface area contributed by atoms with Crippen molar-refractivity contribution in [3.05, 3.63) is 29.3 Å². The van der Waals surface area contributed by atoms with Gasteiger partial charge in [-0.3, -0.25) is 0 Å². The van der Waals surface area contributed by atoms with Crippen molar-refractivity contribution in [2.45, 2.75) is 12.2 Å². The van der Waals surface area contributed by atoms with Gasteiger partial charge in [-0.25, -0.2) is 0 Å². The second-order valence-corrected chi connectivity index (χ2v) is 3.19. The zero-order valence-corrected chi connectivity index (χ0v) is 7.88. The molecule has 0 unspecified atom stereocenters. The van der Waals surface area contributed by atoms with Gasteiger partial charge in [0.05, 0.1) is 5.56 Å². The Kier molecular flexibility index (Phi) is 3.21. The van der Waals surface area contributed by atoms with E-state index in [9.17, 15) is 13.2 Å². The molecule has 6 N–H and O–H groups in total. The first-order valence-corrected chi connectivity index (χ1v) is 4.28. The molecule has 0 fully saturated rings. The zero-order chi connectivity index (χ0) is 11.6. The molecule has 1 aromatic carbocycles. The summed E-state index contributed by atoms with van der Waals surface area (Å²) in [5.41, 5.74) is 15.2. The lowest BCUT2D eigenvalue weighted by molar-refractivity contribution is -0.136. The fourth-order valence-corrected chi connectivity index (χ4v) is 1.19. The van der Waals surface area contributed by atoms with E-state index in [2.05, 4.69) is 0 Å². The summed E-state index contributed by atoms with van der Waals surface area (Å²) in [6.07, 6.45) is -4.46. The van der Waals surface area contributed by atoms with Crippen LogP contribution in [0.1, 0.15) is 17.2 Å². The average molecular weight is 219 g/mol. The third kappa shape index (κ3) is 2.60. The fourth-order valence-electron chi connectivity index (χ4n) is 1.19. The second kappa shape index (κ2) is 4.08. The molecule has 0 aliphatic carbocycles. The standard InChI is InChI=1S/C9H12F3N3/c10-9(11,12)6-3-5(8(15)4-13)1-2-7(6)14/h1-3,8H,4,13-15H2/t8-/m1/s1. The third-order valence-electron chi connectivity index (χ3n) is 2.06. The van der Waals surface area contributed by atoms with E-state index in [0.29, 0.717) is 5.56 Å². The van der Waals surface area contributed by atoms with E-state index >= 15 is 0 Å². The maximum absolute atomic E-state index is 12.4. The summed E-state index contributed by atoms with van der Waals surface area (Å²) >= 11 is 0. The Labute approximate surface area is 85.0 Å². The SMILES string of the molecule is NC[C@@H](N)c1ccc(N)c(C(F)(F)F)c1. The quantitative estimate of drug-likeness (QED) is 0.655. The largest absolute Gasteiger partial charge is 0.418 e. The Morgan fingerprint density at radius 2 is 1.87 bits per heavy atom. The van der Waals surface area contributed by atoms with Crippen LogP contribution < -0.4 is 17.2 Å². The highest BCUT2D eigenvalue weighted by Gasteiger charge is 2.33. The van der Waals surface area contributed by atoms with Crippen molar-refractivity contribution >= 4 is 5.69 Å². The number of benzene rings is 1. The van der Waals surface area contributed by atoms with Gasteiger partial charge in [-0.05, 0) is 17.7 Å². The van der Waals surface area contributed by atoms with E-state index in [1.807, 2.05) is 0 Å². The lowest BCUT2D eigenvalue weighted by Crippen LogP contribution is -2.21. The summed E-state index contributed by atoms with van der Waals surface area (Å²) in [6.45, 7) is 0.0845. The lowest BCUT2D eigenvalue weighted by atomic mass is 10.0. The van der Waals surface area contributed by atoms with Crippen molar-refractivity contribution in [3.63, 3.8) is 0 Å². The van der Waals surface area contributed by atoms with Gasteiger partial charge in [0, 0.05) is 18.3 Å². The first kappa shape index (κ1) is 11.8. The van der Waals surface area contributed by atoms with Crippen LogP contribution >= 0.6 is 0 Å². The van der Waals surface area contributed by atoms with Crippen LogP contribution in [-0.2, 0) is 6.18 Å². The number of nitrogen functional groups attached to an aromatic ring is 1. The van der Waals surface area contributed by atoms with Crippen LogP contribution in [0.2, 0.25) is 0 Å². The predicted octanol–water partition coefficient (Wildman–Crippen LogP) is 1.25. The highest BCUT2D eigenvalue weighted by atomic mass is 19.4. The Hall–Kier alpha value is -1.27. The van der Waals surface area contributed by atoms with E-state index in [4.69, 9.17) is 17.2 Å². The van der Waals surface area contributed by atoms with Gasteiger partial charge in [-0.1, -0.05) is 6.07 Å². The van der Waals surface area contributed by atoms with Gasteiger partial charge in [0.25, 0.3) is 0 Å². The molecule has 0 heterocycles. The van der Waals surface area contributed by atoms with Crippen LogP contribution in [0.4, 0.5) is 18.9 Å². The molecule has 1 aromatic rings. The molecule has 3 nitrogen and oxygen atoms in total. The minimum absolute atomic E-state index is 0.0845. The molecule has 0 spiro atoms. The summed E-state index contributed by atoms with van der Waals surface area (Å²) in [6, 6.07) is 2.97. The smallest absolute Gasteiger partial charge is 0.398 e. The van der Waals surface area contributed by atoms with Crippen LogP contribution in [-0.4, -0.2) is 6.54 Å². The van der Waals surface area contributed by atoms with Crippen LogP contribution in [0.25, 0.3) is 0 Å². The van der Waals surface area contributed by atoms with E-state index in [1.54, 1.807) is 0 Å². The van der Waals surface area contributed by atoms with E-state index in [0.717, 1.165) is 6.07 Å². The van der Waals surface area contributed by atoms with Gasteiger partial charge < -0.3 is 17.2 Å². The van der Waals surface area contributed by atoms with Crippen molar-refractivity contribution < 1.29 is 13.2 Å². The van der Waals surface area contributed by atoms with Crippen molar-refractivity contribution in [1.29, 1.82) is 0 Å². The number of hydrogen-bond acceptors (Lipinski definition) is 3. The maximum Gasteiger partial charge on any atom is 0.418 e. The van der Waals surface area contributed by atoms with Gasteiger partial charge in [0.2, 0.25) is 0 Å². The summed E-state index contributed by atoms with van der Waals surface area (Å²) < 4.78 is 37.3. The lowest BCUT2D eigenvalue weighted by Gasteiger charge is -2.14. The molecular weight excluding hydrogens is 207 g/mol. The Morgan fingerprint density at radius 3 is 2.33 bits per heavy atom. The molecule has 0 aromatic heterocycles. The third-order valence-corrected chi connectivity index (χ3v) is 2.06. The van der Waals surface area contributed by atoms with Gasteiger partial charge in [-0.15, -0.1) is 0 Å². The summed E-state index contributed by atoms with van der Waals surface area (Å²) in [7, 11) is 0. The molecule has 6 heteroatoms. The predicted molar refractivity (Wildman–Crippen MR) is 51.8 cm³/mol. The van der Waals surface area contributed by atoms with Crippen molar-refractivity contribution in [3.8, 4) is 0 Å². The minimum atomic E-state index is -4.46. The van der Waals surface area contributed by atoms with E-state index < -0.39 is 17.8 Å². The average Bonchev–Trinajstić information content (AvgIpc) is 2.15. The number of anilines is 1. The number of rotatable bonds is 2. The van der Waals surface area contributed by atoms with Gasteiger partial charge in [0.1, 0.15) is 0 Å². The first-order valence-electron chi connectivity index (χ1n) is 4.28. The molecule has 0 radical (unpaired) electrons. The van der Waals surface area contributed by atoms with Gasteiger partial charge in [-0.2, -0.15) is 13.2 Å². The topological polar surface area (TPSA) is 78.1 Å². The van der Waals surface area contributed by atoms with Gasteiger partial charge in [0.15, 0.2) is 0 Å².